The van der Waals surface area contributed by atoms with Crippen molar-refractivity contribution in [1.82, 2.24) is 10.1 Å². The molecule has 5 rings (SSSR count). The molecule has 2 aliphatic heterocycles. The number of ether oxygens (including phenoxy) is 2. The van der Waals surface area contributed by atoms with Gasteiger partial charge in [-0.05, 0) is 25.3 Å². The van der Waals surface area contributed by atoms with E-state index in [1.165, 1.54) is 0 Å². The van der Waals surface area contributed by atoms with Crippen molar-refractivity contribution in [3.8, 4) is 11.5 Å². The molecular formula is C21H24N2O5. The van der Waals surface area contributed by atoms with E-state index in [1.807, 2.05) is 18.2 Å². The van der Waals surface area contributed by atoms with E-state index in [4.69, 9.17) is 14.0 Å². The Kier molecular flexibility index (Phi) is 4.08. The Labute approximate surface area is 163 Å². The zero-order valence-corrected chi connectivity index (χ0v) is 15.9. The minimum absolute atomic E-state index is 0.0128. The zero-order valence-electron chi connectivity index (χ0n) is 15.9. The van der Waals surface area contributed by atoms with Crippen molar-refractivity contribution in [2.24, 2.45) is 5.41 Å². The first-order chi connectivity index (χ1) is 13.6. The molecule has 2 atom stereocenters. The van der Waals surface area contributed by atoms with Crippen molar-refractivity contribution >= 4 is 5.91 Å². The number of carbonyl (C=O) groups is 1. The van der Waals surface area contributed by atoms with E-state index in [9.17, 15) is 9.90 Å². The number of rotatable bonds is 3. The molecule has 1 aliphatic carbocycles. The van der Waals surface area contributed by atoms with Crippen molar-refractivity contribution in [3.05, 3.63) is 40.8 Å². The Hall–Kier alpha value is -2.54. The van der Waals surface area contributed by atoms with Crippen LogP contribution in [-0.4, -0.2) is 54.5 Å². The van der Waals surface area contributed by atoms with E-state index in [0.29, 0.717) is 25.4 Å². The molecule has 148 valence electrons. The van der Waals surface area contributed by atoms with Gasteiger partial charge in [-0.1, -0.05) is 11.2 Å². The van der Waals surface area contributed by atoms with Crippen LogP contribution in [0.3, 0.4) is 0 Å². The number of aryl methyl sites for hydroxylation is 1. The minimum atomic E-state index is -0.499. The second kappa shape index (κ2) is 6.51. The fourth-order valence-electron chi connectivity index (χ4n) is 4.88. The number of benzene rings is 1. The van der Waals surface area contributed by atoms with Crippen molar-refractivity contribution in [1.29, 1.82) is 0 Å². The van der Waals surface area contributed by atoms with Crippen LogP contribution < -0.4 is 9.47 Å². The second-order valence-corrected chi connectivity index (χ2v) is 8.09. The van der Waals surface area contributed by atoms with Gasteiger partial charge in [0.25, 0.3) is 5.91 Å². The molecule has 1 saturated heterocycles. The molecule has 2 unspecified atom stereocenters. The number of likely N-dealkylation sites (tertiary alicyclic amines) is 1. The summed E-state index contributed by atoms with van der Waals surface area (Å²) in [6, 6.07) is 5.75. The first-order valence-corrected chi connectivity index (χ1v) is 9.83. The molecule has 3 heterocycles. The molecule has 0 saturated carbocycles. The maximum atomic E-state index is 13.3. The molecule has 1 fully saturated rings. The summed E-state index contributed by atoms with van der Waals surface area (Å²) < 4.78 is 16.7. The Balaban J connectivity index is 1.46. The number of carbonyl (C=O) groups excluding carboxylic acids is 1. The second-order valence-electron chi connectivity index (χ2n) is 8.09. The number of aromatic nitrogens is 1. The summed E-state index contributed by atoms with van der Waals surface area (Å²) >= 11 is 0. The molecular weight excluding hydrogens is 360 g/mol. The highest BCUT2D eigenvalue weighted by molar-refractivity contribution is 5.94. The first kappa shape index (κ1) is 17.6. The summed E-state index contributed by atoms with van der Waals surface area (Å²) in [4.78, 5) is 15.1. The third-order valence-corrected chi connectivity index (χ3v) is 6.51. The third kappa shape index (κ3) is 2.53. The Morgan fingerprint density at radius 2 is 2.25 bits per heavy atom. The molecule has 7 nitrogen and oxygen atoms in total. The summed E-state index contributed by atoms with van der Waals surface area (Å²) in [5, 5.41) is 14.3. The summed E-state index contributed by atoms with van der Waals surface area (Å²) in [6.45, 7) is 1.31. The van der Waals surface area contributed by atoms with Crippen molar-refractivity contribution in [2.75, 3.05) is 33.4 Å². The van der Waals surface area contributed by atoms with Gasteiger partial charge in [0.2, 0.25) is 0 Å². The molecule has 0 bridgehead atoms. The van der Waals surface area contributed by atoms with Gasteiger partial charge in [-0.2, -0.15) is 0 Å². The molecule has 0 radical (unpaired) electrons. The zero-order chi connectivity index (χ0) is 19.3. The van der Waals surface area contributed by atoms with Gasteiger partial charge in [0.15, 0.2) is 5.69 Å². The van der Waals surface area contributed by atoms with Crippen LogP contribution in [0.25, 0.3) is 0 Å². The summed E-state index contributed by atoms with van der Waals surface area (Å²) in [5.41, 5.74) is 1.92. The SMILES string of the molecule is COc1ccc2c(c1)OCC1(CO)CN(C(=O)c3noc4c3CCCC4)CC21. The Bertz CT molecular complexity index is 924. The monoisotopic (exact) mass is 384 g/mol. The maximum absolute atomic E-state index is 13.3. The van der Waals surface area contributed by atoms with Crippen LogP contribution in [0.15, 0.2) is 22.7 Å². The van der Waals surface area contributed by atoms with E-state index in [0.717, 1.165) is 54.1 Å². The molecule has 7 heteroatoms. The predicted molar refractivity (Wildman–Crippen MR) is 99.8 cm³/mol. The fourth-order valence-corrected chi connectivity index (χ4v) is 4.88. The molecule has 1 N–H and O–H groups in total. The number of fused-ring (bicyclic) bond motifs is 4. The van der Waals surface area contributed by atoms with Gasteiger partial charge < -0.3 is 24.0 Å². The Morgan fingerprint density at radius 1 is 1.39 bits per heavy atom. The van der Waals surface area contributed by atoms with Gasteiger partial charge in [-0.3, -0.25) is 4.79 Å². The quantitative estimate of drug-likeness (QED) is 0.873. The lowest BCUT2D eigenvalue weighted by Gasteiger charge is -2.37. The fraction of sp³-hybridized carbons (Fsp3) is 0.524. The standard InChI is InChI=1S/C21H24N2O5/c1-26-13-6-7-14-16-9-23(10-21(16,11-24)12-27-18(14)8-13)20(25)19-15-4-2-3-5-17(15)28-22-19/h6-8,16,24H,2-5,9-12H2,1H3. The average Bonchev–Trinajstić information content (AvgIpc) is 3.35. The van der Waals surface area contributed by atoms with Gasteiger partial charge in [0.05, 0.1) is 25.7 Å². The van der Waals surface area contributed by atoms with Crippen molar-refractivity contribution in [2.45, 2.75) is 31.6 Å². The lowest BCUT2D eigenvalue weighted by molar-refractivity contribution is 0.0437. The van der Waals surface area contributed by atoms with Crippen LogP contribution in [0, 0.1) is 5.41 Å². The lowest BCUT2D eigenvalue weighted by Crippen LogP contribution is -2.42. The normalized spacial score (nSPS) is 25.5. The highest BCUT2D eigenvalue weighted by Crippen LogP contribution is 2.50. The number of aliphatic hydroxyl groups excluding tert-OH is 1. The predicted octanol–water partition coefficient (Wildman–Crippen LogP) is 2.17. The minimum Gasteiger partial charge on any atom is -0.497 e. The van der Waals surface area contributed by atoms with Crippen LogP contribution in [-0.2, 0) is 12.8 Å². The van der Waals surface area contributed by atoms with Crippen LogP contribution >= 0.6 is 0 Å². The van der Waals surface area contributed by atoms with E-state index in [2.05, 4.69) is 5.16 Å². The molecule has 2 aromatic rings. The summed E-state index contributed by atoms with van der Waals surface area (Å²) in [5.74, 6) is 2.25. The van der Waals surface area contributed by atoms with Gasteiger partial charge in [0, 0.05) is 42.6 Å². The van der Waals surface area contributed by atoms with Gasteiger partial charge in [0.1, 0.15) is 17.3 Å². The van der Waals surface area contributed by atoms with Crippen LogP contribution in [0.5, 0.6) is 11.5 Å². The highest BCUT2D eigenvalue weighted by atomic mass is 16.5. The molecule has 1 aromatic carbocycles. The number of aliphatic hydroxyl groups is 1. The van der Waals surface area contributed by atoms with E-state index in [1.54, 1.807) is 12.0 Å². The van der Waals surface area contributed by atoms with E-state index in [-0.39, 0.29) is 18.4 Å². The van der Waals surface area contributed by atoms with E-state index >= 15 is 0 Å². The van der Waals surface area contributed by atoms with Gasteiger partial charge in [-0.25, -0.2) is 0 Å². The first-order valence-electron chi connectivity index (χ1n) is 9.83. The lowest BCUT2D eigenvalue weighted by atomic mass is 9.74. The number of methoxy groups -OCH3 is 1. The molecule has 1 amide bonds. The highest BCUT2D eigenvalue weighted by Gasteiger charge is 2.52. The number of nitrogens with zero attached hydrogens (tertiary/aromatic N) is 2. The molecule has 3 aliphatic rings. The van der Waals surface area contributed by atoms with Gasteiger partial charge >= 0.3 is 0 Å². The van der Waals surface area contributed by atoms with Gasteiger partial charge in [-0.15, -0.1) is 0 Å². The van der Waals surface area contributed by atoms with E-state index < -0.39 is 5.41 Å². The van der Waals surface area contributed by atoms with Crippen molar-refractivity contribution in [3.63, 3.8) is 0 Å². The topological polar surface area (TPSA) is 85.0 Å². The summed E-state index contributed by atoms with van der Waals surface area (Å²) in [6.07, 6.45) is 3.82. The molecule has 1 aromatic heterocycles. The molecule has 28 heavy (non-hydrogen) atoms. The van der Waals surface area contributed by atoms with Crippen LogP contribution in [0.1, 0.15) is 46.1 Å². The largest absolute Gasteiger partial charge is 0.497 e. The number of hydrogen-bond donors (Lipinski definition) is 1. The smallest absolute Gasteiger partial charge is 0.276 e. The maximum Gasteiger partial charge on any atom is 0.276 e. The van der Waals surface area contributed by atoms with Crippen molar-refractivity contribution < 1.29 is 23.9 Å². The van der Waals surface area contributed by atoms with Crippen LogP contribution in [0.4, 0.5) is 0 Å². The summed E-state index contributed by atoms with van der Waals surface area (Å²) in [7, 11) is 1.62. The number of hydrogen-bond acceptors (Lipinski definition) is 6. The average molecular weight is 384 g/mol. The third-order valence-electron chi connectivity index (χ3n) is 6.51. The van der Waals surface area contributed by atoms with Crippen LogP contribution in [0.2, 0.25) is 0 Å². The molecule has 0 spiro atoms. The Morgan fingerprint density at radius 3 is 3.07 bits per heavy atom. The number of amides is 1.